The topological polar surface area (TPSA) is 28.7 Å². The molecule has 2 heteroatoms. The average molecular weight is 208 g/mol. The van der Waals surface area contributed by atoms with Gasteiger partial charge in [0.2, 0.25) is 0 Å². The highest BCUT2D eigenvalue weighted by atomic mass is 14.8. The highest BCUT2D eigenvalue weighted by Crippen LogP contribution is 2.27. The summed E-state index contributed by atoms with van der Waals surface area (Å²) in [5, 5.41) is 1.17. The zero-order valence-electron chi connectivity index (χ0n) is 9.07. The van der Waals surface area contributed by atoms with Crippen molar-refractivity contribution >= 4 is 11.0 Å². The Bertz CT molecular complexity index is 638. The van der Waals surface area contributed by atoms with Crippen LogP contribution < -0.4 is 0 Å². The molecule has 0 fully saturated rings. The summed E-state index contributed by atoms with van der Waals surface area (Å²) in [6, 6.07) is 12.6. The number of hydrogen-bond donors (Lipinski definition) is 1. The number of benzene rings is 1. The number of pyridine rings is 1. The predicted octanol–water partition coefficient (Wildman–Crippen LogP) is 3.54. The van der Waals surface area contributed by atoms with E-state index < -0.39 is 0 Å². The molecule has 16 heavy (non-hydrogen) atoms. The molecule has 2 nitrogen and oxygen atoms in total. The normalized spacial score (nSPS) is 10.8. The molecule has 0 atom stereocenters. The van der Waals surface area contributed by atoms with Crippen LogP contribution in [0.25, 0.3) is 22.2 Å². The van der Waals surface area contributed by atoms with E-state index in [9.17, 15) is 0 Å². The number of nitrogens with one attached hydrogen (secondary N) is 1. The van der Waals surface area contributed by atoms with Gasteiger partial charge in [0, 0.05) is 23.3 Å². The molecule has 3 aromatic rings. The fourth-order valence-electron chi connectivity index (χ4n) is 2.01. The quantitative estimate of drug-likeness (QED) is 0.651. The summed E-state index contributed by atoms with van der Waals surface area (Å²) in [5.41, 5.74) is 4.67. The van der Waals surface area contributed by atoms with Crippen LogP contribution in [-0.4, -0.2) is 9.97 Å². The second-order valence-corrected chi connectivity index (χ2v) is 3.97. The maximum atomic E-state index is 4.29. The van der Waals surface area contributed by atoms with E-state index in [0.29, 0.717) is 0 Å². The predicted molar refractivity (Wildman–Crippen MR) is 66.3 cm³/mol. The molecule has 78 valence electrons. The molecule has 0 unspecified atom stereocenters. The maximum Gasteiger partial charge on any atom is 0.137 e. The minimum Gasteiger partial charge on any atom is -0.346 e. The molecule has 1 aromatic carbocycles. The van der Waals surface area contributed by atoms with Crippen LogP contribution in [0.3, 0.4) is 0 Å². The molecule has 0 aliphatic rings. The Hall–Kier alpha value is -2.09. The van der Waals surface area contributed by atoms with E-state index in [0.717, 1.165) is 5.65 Å². The summed E-state index contributed by atoms with van der Waals surface area (Å²) in [6.45, 7) is 2.11. The Labute approximate surface area is 94.0 Å². The van der Waals surface area contributed by atoms with Crippen LogP contribution in [0.5, 0.6) is 0 Å². The summed E-state index contributed by atoms with van der Waals surface area (Å²) in [5.74, 6) is 0. The van der Waals surface area contributed by atoms with Crippen LogP contribution in [0.2, 0.25) is 0 Å². The fourth-order valence-corrected chi connectivity index (χ4v) is 2.01. The minimum absolute atomic E-state index is 0.944. The summed E-state index contributed by atoms with van der Waals surface area (Å²) in [6.07, 6.45) is 3.82. The first-order chi connectivity index (χ1) is 7.84. The van der Waals surface area contributed by atoms with Crippen molar-refractivity contribution in [3.63, 3.8) is 0 Å². The van der Waals surface area contributed by atoms with Gasteiger partial charge in [0.05, 0.1) is 0 Å². The van der Waals surface area contributed by atoms with Gasteiger partial charge in [-0.05, 0) is 24.6 Å². The number of nitrogens with zero attached hydrogens (tertiary/aromatic N) is 1. The average Bonchev–Trinajstić information content (AvgIpc) is 2.72. The van der Waals surface area contributed by atoms with Crippen LogP contribution >= 0.6 is 0 Å². The molecule has 0 aliphatic heterocycles. The van der Waals surface area contributed by atoms with Gasteiger partial charge < -0.3 is 4.98 Å². The van der Waals surface area contributed by atoms with Gasteiger partial charge in [-0.2, -0.15) is 0 Å². The molecule has 0 bridgehead atoms. The Morgan fingerprint density at radius 2 is 2.06 bits per heavy atom. The van der Waals surface area contributed by atoms with E-state index in [-0.39, 0.29) is 0 Å². The molecule has 2 aromatic heterocycles. The molecule has 0 radical (unpaired) electrons. The number of aromatic nitrogens is 2. The van der Waals surface area contributed by atoms with Crippen LogP contribution in [-0.2, 0) is 0 Å². The lowest BCUT2D eigenvalue weighted by atomic mass is 10.0. The Kier molecular flexibility index (Phi) is 2.00. The molecular formula is C14H12N2. The Morgan fingerprint density at radius 3 is 2.94 bits per heavy atom. The third kappa shape index (κ3) is 1.39. The summed E-state index contributed by atoms with van der Waals surface area (Å²) >= 11 is 0. The Balaban J connectivity index is 2.26. The molecule has 2 heterocycles. The SMILES string of the molecule is Cc1cccc(-c2c[nH]c3ncccc23)c1. The molecule has 0 aliphatic carbocycles. The van der Waals surface area contributed by atoms with E-state index in [2.05, 4.69) is 47.2 Å². The highest BCUT2D eigenvalue weighted by Gasteiger charge is 2.05. The molecule has 0 amide bonds. The van der Waals surface area contributed by atoms with E-state index in [1.54, 1.807) is 6.20 Å². The van der Waals surface area contributed by atoms with Crippen molar-refractivity contribution in [3.8, 4) is 11.1 Å². The van der Waals surface area contributed by atoms with Crippen molar-refractivity contribution in [2.24, 2.45) is 0 Å². The highest BCUT2D eigenvalue weighted by molar-refractivity contribution is 5.93. The van der Waals surface area contributed by atoms with Gasteiger partial charge in [0.25, 0.3) is 0 Å². The fraction of sp³-hybridized carbons (Fsp3) is 0.0714. The van der Waals surface area contributed by atoms with Gasteiger partial charge in [-0.3, -0.25) is 0 Å². The van der Waals surface area contributed by atoms with Gasteiger partial charge in [0.1, 0.15) is 5.65 Å². The van der Waals surface area contributed by atoms with Crippen molar-refractivity contribution in [1.82, 2.24) is 9.97 Å². The third-order valence-corrected chi connectivity index (χ3v) is 2.78. The lowest BCUT2D eigenvalue weighted by Gasteiger charge is -2.00. The van der Waals surface area contributed by atoms with E-state index in [1.807, 2.05) is 12.3 Å². The standard InChI is InChI=1S/C14H12N2/c1-10-4-2-5-11(8-10)13-9-16-14-12(13)6-3-7-15-14/h2-9H,1H3,(H,15,16). The van der Waals surface area contributed by atoms with Gasteiger partial charge >= 0.3 is 0 Å². The second-order valence-electron chi connectivity index (χ2n) is 3.97. The van der Waals surface area contributed by atoms with Crippen molar-refractivity contribution < 1.29 is 0 Å². The monoisotopic (exact) mass is 208 g/mol. The summed E-state index contributed by atoms with van der Waals surface area (Å²) in [4.78, 5) is 7.49. The molecule has 1 N–H and O–H groups in total. The number of hydrogen-bond acceptors (Lipinski definition) is 1. The van der Waals surface area contributed by atoms with Gasteiger partial charge in [-0.25, -0.2) is 4.98 Å². The smallest absolute Gasteiger partial charge is 0.137 e. The first kappa shape index (κ1) is 9.16. The number of H-pyrrole nitrogens is 1. The number of rotatable bonds is 1. The maximum absolute atomic E-state index is 4.29. The molecular weight excluding hydrogens is 196 g/mol. The van der Waals surface area contributed by atoms with E-state index >= 15 is 0 Å². The lowest BCUT2D eigenvalue weighted by Crippen LogP contribution is -1.78. The molecule has 0 spiro atoms. The van der Waals surface area contributed by atoms with Crippen LogP contribution in [0.1, 0.15) is 5.56 Å². The number of aryl methyl sites for hydroxylation is 1. The van der Waals surface area contributed by atoms with Crippen LogP contribution in [0.4, 0.5) is 0 Å². The van der Waals surface area contributed by atoms with Gasteiger partial charge in [0.15, 0.2) is 0 Å². The largest absolute Gasteiger partial charge is 0.346 e. The lowest BCUT2D eigenvalue weighted by molar-refractivity contribution is 1.33. The Morgan fingerprint density at radius 1 is 1.12 bits per heavy atom. The summed E-state index contributed by atoms with van der Waals surface area (Å²) < 4.78 is 0. The number of fused-ring (bicyclic) bond motifs is 1. The van der Waals surface area contributed by atoms with Crippen molar-refractivity contribution in [2.75, 3.05) is 0 Å². The molecule has 3 rings (SSSR count). The third-order valence-electron chi connectivity index (χ3n) is 2.78. The van der Waals surface area contributed by atoms with Gasteiger partial charge in [-0.15, -0.1) is 0 Å². The van der Waals surface area contributed by atoms with Crippen molar-refractivity contribution in [2.45, 2.75) is 6.92 Å². The number of aromatic amines is 1. The second kappa shape index (κ2) is 3.49. The minimum atomic E-state index is 0.944. The van der Waals surface area contributed by atoms with E-state index in [4.69, 9.17) is 0 Å². The van der Waals surface area contributed by atoms with Gasteiger partial charge in [-0.1, -0.05) is 29.8 Å². The van der Waals surface area contributed by atoms with Crippen molar-refractivity contribution in [3.05, 3.63) is 54.4 Å². The summed E-state index contributed by atoms with van der Waals surface area (Å²) in [7, 11) is 0. The first-order valence-corrected chi connectivity index (χ1v) is 5.34. The first-order valence-electron chi connectivity index (χ1n) is 5.34. The molecule has 0 saturated heterocycles. The van der Waals surface area contributed by atoms with Crippen LogP contribution in [0, 0.1) is 6.92 Å². The zero-order chi connectivity index (χ0) is 11.0. The van der Waals surface area contributed by atoms with Crippen molar-refractivity contribution in [1.29, 1.82) is 0 Å². The molecule has 0 saturated carbocycles. The van der Waals surface area contributed by atoms with Crippen LogP contribution in [0.15, 0.2) is 48.8 Å². The van der Waals surface area contributed by atoms with E-state index in [1.165, 1.54) is 22.1 Å². The zero-order valence-corrected chi connectivity index (χ0v) is 9.07.